The summed E-state index contributed by atoms with van der Waals surface area (Å²) in [5, 5.41) is 7.95. The Bertz CT molecular complexity index is 965. The van der Waals surface area contributed by atoms with Gasteiger partial charge >= 0.3 is 0 Å². The Morgan fingerprint density at radius 2 is 1.83 bits per heavy atom. The number of rotatable bonds is 9. The van der Waals surface area contributed by atoms with Crippen molar-refractivity contribution >= 4 is 27.7 Å². The molecule has 29 heavy (non-hydrogen) atoms. The summed E-state index contributed by atoms with van der Waals surface area (Å²) in [6.07, 6.45) is 0.917. The molecular formula is C23H30N4OS. The van der Waals surface area contributed by atoms with Crippen LogP contribution in [0.3, 0.4) is 0 Å². The highest BCUT2D eigenvalue weighted by Gasteiger charge is 2.08. The topological polar surface area (TPSA) is 69.3 Å². The highest BCUT2D eigenvalue weighted by molar-refractivity contribution is 7.84. The maximum atomic E-state index is 12.3. The van der Waals surface area contributed by atoms with Crippen molar-refractivity contribution in [3.8, 4) is 0 Å². The molecule has 0 amide bonds. The number of hydrogen-bond donors (Lipinski definition) is 3. The second kappa shape index (κ2) is 10.8. The number of fused-ring (bicyclic) bond motifs is 1. The van der Waals surface area contributed by atoms with Crippen LogP contribution in [0.1, 0.15) is 23.7 Å². The summed E-state index contributed by atoms with van der Waals surface area (Å²) in [5.74, 6) is 1.93. The number of para-hydroxylation sites is 1. The van der Waals surface area contributed by atoms with Crippen LogP contribution in [0.15, 0.2) is 59.6 Å². The molecule has 0 fully saturated rings. The minimum Gasteiger partial charge on any atom is -0.358 e. The van der Waals surface area contributed by atoms with Gasteiger partial charge in [0.2, 0.25) is 0 Å². The summed E-state index contributed by atoms with van der Waals surface area (Å²) in [6.45, 7) is 6.30. The van der Waals surface area contributed by atoms with Crippen LogP contribution < -0.4 is 10.6 Å². The molecule has 1 heterocycles. The molecule has 2 aromatic carbocycles. The molecule has 3 aromatic rings. The van der Waals surface area contributed by atoms with Crippen molar-refractivity contribution in [2.75, 3.05) is 25.4 Å². The Balaban J connectivity index is 1.50. The van der Waals surface area contributed by atoms with E-state index in [0.29, 0.717) is 18.1 Å². The van der Waals surface area contributed by atoms with E-state index >= 15 is 0 Å². The quantitative estimate of drug-likeness (QED) is 0.373. The van der Waals surface area contributed by atoms with Gasteiger partial charge < -0.3 is 15.6 Å². The SMILES string of the molecule is CCNC(=NCCS(=O)Cc1ccccc1)NCCc1c(C)[nH]c2ccccc12. The van der Waals surface area contributed by atoms with Gasteiger partial charge in [0.15, 0.2) is 5.96 Å². The zero-order valence-corrected chi connectivity index (χ0v) is 18.0. The first-order chi connectivity index (χ1) is 14.2. The van der Waals surface area contributed by atoms with Gasteiger partial charge in [-0.15, -0.1) is 0 Å². The van der Waals surface area contributed by atoms with Crippen molar-refractivity contribution in [2.45, 2.75) is 26.0 Å². The number of guanidine groups is 1. The Morgan fingerprint density at radius 1 is 1.07 bits per heavy atom. The number of aromatic nitrogens is 1. The lowest BCUT2D eigenvalue weighted by Crippen LogP contribution is -2.38. The van der Waals surface area contributed by atoms with E-state index < -0.39 is 10.8 Å². The fraction of sp³-hybridized carbons (Fsp3) is 0.348. The summed E-state index contributed by atoms with van der Waals surface area (Å²) >= 11 is 0. The average molecular weight is 411 g/mol. The molecule has 0 spiro atoms. The van der Waals surface area contributed by atoms with Gasteiger partial charge in [0.05, 0.1) is 6.54 Å². The van der Waals surface area contributed by atoms with E-state index in [9.17, 15) is 4.21 Å². The molecule has 0 saturated heterocycles. The van der Waals surface area contributed by atoms with Gasteiger partial charge in [0.25, 0.3) is 0 Å². The van der Waals surface area contributed by atoms with Crippen molar-refractivity contribution < 1.29 is 4.21 Å². The first-order valence-electron chi connectivity index (χ1n) is 10.1. The van der Waals surface area contributed by atoms with Crippen molar-refractivity contribution in [3.05, 3.63) is 71.4 Å². The maximum Gasteiger partial charge on any atom is 0.191 e. The maximum absolute atomic E-state index is 12.3. The molecule has 1 aromatic heterocycles. The summed E-state index contributed by atoms with van der Waals surface area (Å²) in [5.41, 5.74) is 4.84. The molecule has 1 unspecified atom stereocenters. The fourth-order valence-corrected chi connectivity index (χ4v) is 4.40. The van der Waals surface area contributed by atoms with Gasteiger partial charge in [0.1, 0.15) is 0 Å². The van der Waals surface area contributed by atoms with Gasteiger partial charge in [-0.1, -0.05) is 48.5 Å². The fourth-order valence-electron chi connectivity index (χ4n) is 3.40. The first-order valence-corrected chi connectivity index (χ1v) is 11.6. The minimum atomic E-state index is -0.907. The van der Waals surface area contributed by atoms with Crippen LogP contribution in [0.5, 0.6) is 0 Å². The van der Waals surface area contributed by atoms with E-state index in [-0.39, 0.29) is 0 Å². The molecule has 0 aliphatic rings. The average Bonchev–Trinajstić information content (AvgIpc) is 3.04. The lowest BCUT2D eigenvalue weighted by molar-refractivity contribution is 0.682. The second-order valence-electron chi connectivity index (χ2n) is 6.99. The van der Waals surface area contributed by atoms with E-state index in [2.05, 4.69) is 58.7 Å². The third kappa shape index (κ3) is 6.19. The predicted molar refractivity (Wildman–Crippen MR) is 124 cm³/mol. The van der Waals surface area contributed by atoms with Crippen LogP contribution in [0.25, 0.3) is 10.9 Å². The van der Waals surface area contributed by atoms with E-state index in [1.54, 1.807) is 0 Å². The van der Waals surface area contributed by atoms with Crippen molar-refractivity contribution in [1.29, 1.82) is 0 Å². The lowest BCUT2D eigenvalue weighted by Gasteiger charge is -2.11. The molecule has 5 nitrogen and oxygen atoms in total. The van der Waals surface area contributed by atoms with Crippen LogP contribution in [0, 0.1) is 6.92 Å². The van der Waals surface area contributed by atoms with E-state index in [0.717, 1.165) is 31.0 Å². The zero-order valence-electron chi connectivity index (χ0n) is 17.2. The molecule has 154 valence electrons. The highest BCUT2D eigenvalue weighted by atomic mass is 32.2. The van der Waals surface area contributed by atoms with Crippen LogP contribution in [-0.4, -0.2) is 40.5 Å². The predicted octanol–water partition coefficient (Wildman–Crippen LogP) is 3.52. The number of hydrogen-bond acceptors (Lipinski definition) is 2. The van der Waals surface area contributed by atoms with Crippen molar-refractivity contribution in [3.63, 3.8) is 0 Å². The highest BCUT2D eigenvalue weighted by Crippen LogP contribution is 2.21. The second-order valence-corrected chi connectivity index (χ2v) is 8.56. The molecule has 0 aliphatic heterocycles. The number of aromatic amines is 1. The lowest BCUT2D eigenvalue weighted by atomic mass is 10.1. The summed E-state index contributed by atoms with van der Waals surface area (Å²) in [4.78, 5) is 8.04. The van der Waals surface area contributed by atoms with Crippen LogP contribution in [-0.2, 0) is 23.0 Å². The van der Waals surface area contributed by atoms with Crippen molar-refractivity contribution in [2.24, 2.45) is 4.99 Å². The summed E-state index contributed by atoms with van der Waals surface area (Å²) in [6, 6.07) is 18.4. The van der Waals surface area contributed by atoms with Gasteiger partial charge in [-0.2, -0.15) is 0 Å². The molecule has 0 radical (unpaired) electrons. The van der Waals surface area contributed by atoms with Gasteiger partial charge in [-0.25, -0.2) is 0 Å². The Kier molecular flexibility index (Phi) is 7.87. The first kappa shape index (κ1) is 21.1. The number of aryl methyl sites for hydroxylation is 1. The molecule has 0 aliphatic carbocycles. The summed E-state index contributed by atoms with van der Waals surface area (Å²) in [7, 11) is -0.907. The third-order valence-electron chi connectivity index (χ3n) is 4.80. The molecule has 3 N–H and O–H groups in total. The van der Waals surface area contributed by atoms with Gasteiger partial charge in [-0.05, 0) is 37.5 Å². The van der Waals surface area contributed by atoms with Crippen molar-refractivity contribution in [1.82, 2.24) is 15.6 Å². The van der Waals surface area contributed by atoms with Gasteiger partial charge in [-0.3, -0.25) is 9.20 Å². The standard InChI is InChI=1S/C23H30N4OS/c1-3-24-23(26-15-16-29(28)17-19-9-5-4-6-10-19)25-14-13-20-18(2)27-22-12-8-7-11-21(20)22/h4-12,27H,3,13-17H2,1-2H3,(H2,24,25,26). The molecular weight excluding hydrogens is 380 g/mol. The van der Waals surface area contributed by atoms with Crippen LogP contribution >= 0.6 is 0 Å². The molecule has 0 bridgehead atoms. The van der Waals surface area contributed by atoms with Crippen LogP contribution in [0.2, 0.25) is 0 Å². The van der Waals surface area contributed by atoms with E-state index in [1.165, 1.54) is 22.2 Å². The number of H-pyrrole nitrogens is 1. The molecule has 6 heteroatoms. The Hall–Kier alpha value is -2.60. The zero-order chi connectivity index (χ0) is 20.5. The number of nitrogens with zero attached hydrogens (tertiary/aromatic N) is 1. The van der Waals surface area contributed by atoms with E-state index in [1.807, 2.05) is 30.3 Å². The minimum absolute atomic E-state index is 0.543. The number of nitrogens with one attached hydrogen (secondary N) is 3. The number of aliphatic imine (C=N–C) groups is 1. The summed E-state index contributed by atoms with van der Waals surface area (Å²) < 4.78 is 12.3. The smallest absolute Gasteiger partial charge is 0.191 e. The largest absolute Gasteiger partial charge is 0.358 e. The Labute approximate surface area is 175 Å². The Morgan fingerprint density at radius 3 is 2.62 bits per heavy atom. The monoisotopic (exact) mass is 410 g/mol. The van der Waals surface area contributed by atoms with Crippen LogP contribution in [0.4, 0.5) is 0 Å². The normalized spacial score (nSPS) is 12.8. The molecule has 0 saturated carbocycles. The third-order valence-corrected chi connectivity index (χ3v) is 6.09. The number of benzene rings is 2. The van der Waals surface area contributed by atoms with E-state index in [4.69, 9.17) is 0 Å². The molecule has 1 atom stereocenters. The molecule has 3 rings (SSSR count). The van der Waals surface area contributed by atoms with Gasteiger partial charge in [0, 0.05) is 52.0 Å².